The first-order valence-electron chi connectivity index (χ1n) is 7.09. The maximum atomic E-state index is 12.3. The number of hydrogen-bond donors (Lipinski definition) is 0. The number of likely N-dealkylation sites (N-methyl/N-ethyl adjacent to an activating group) is 1. The molecule has 0 saturated carbocycles. The van der Waals surface area contributed by atoms with E-state index in [9.17, 15) is 9.59 Å². The molecule has 3 aromatic rings. The smallest absolute Gasteiger partial charge is 0.340 e. The van der Waals surface area contributed by atoms with Gasteiger partial charge in [-0.05, 0) is 45.6 Å². The molecule has 0 aliphatic carbocycles. The standard InChI is InChI=1S/C15H14ClN5O2S/c1-19(9-11-4-2-5-12(16)8-11)13(22)10-20-15(23)21(18-17-20)14-6-3-7-24-14/h2-8H,9-10H2,1H3. The minimum Gasteiger partial charge on any atom is -0.340 e. The van der Waals surface area contributed by atoms with Crippen LogP contribution in [0, 0.1) is 0 Å². The van der Waals surface area contributed by atoms with Crippen molar-refractivity contribution in [3.05, 3.63) is 62.8 Å². The van der Waals surface area contributed by atoms with Crippen LogP contribution in [0.25, 0.3) is 5.00 Å². The molecular weight excluding hydrogens is 350 g/mol. The molecule has 0 radical (unpaired) electrons. The Morgan fingerprint density at radius 2 is 2.12 bits per heavy atom. The van der Waals surface area contributed by atoms with Crippen molar-refractivity contribution in [3.8, 4) is 5.00 Å². The van der Waals surface area contributed by atoms with Crippen LogP contribution >= 0.6 is 22.9 Å². The van der Waals surface area contributed by atoms with Gasteiger partial charge >= 0.3 is 5.69 Å². The van der Waals surface area contributed by atoms with Gasteiger partial charge in [0.15, 0.2) is 0 Å². The molecule has 0 unspecified atom stereocenters. The van der Waals surface area contributed by atoms with Crippen molar-refractivity contribution in [3.63, 3.8) is 0 Å². The molecule has 24 heavy (non-hydrogen) atoms. The number of amides is 1. The van der Waals surface area contributed by atoms with Gasteiger partial charge in [-0.2, -0.15) is 9.36 Å². The van der Waals surface area contributed by atoms with E-state index in [-0.39, 0.29) is 12.5 Å². The average Bonchev–Trinajstić information content (AvgIpc) is 3.18. The molecule has 0 N–H and O–H groups in total. The van der Waals surface area contributed by atoms with Crippen LogP contribution in [0.15, 0.2) is 46.6 Å². The topological polar surface area (TPSA) is 73.0 Å². The van der Waals surface area contributed by atoms with E-state index < -0.39 is 5.69 Å². The van der Waals surface area contributed by atoms with Gasteiger partial charge in [0.2, 0.25) is 5.91 Å². The Kier molecular flexibility index (Phi) is 4.77. The maximum absolute atomic E-state index is 12.3. The highest BCUT2D eigenvalue weighted by molar-refractivity contribution is 7.12. The van der Waals surface area contributed by atoms with Gasteiger partial charge in [0.05, 0.1) is 0 Å². The summed E-state index contributed by atoms with van der Waals surface area (Å²) in [5, 5.41) is 10.7. The van der Waals surface area contributed by atoms with Gasteiger partial charge < -0.3 is 4.90 Å². The fourth-order valence-electron chi connectivity index (χ4n) is 2.15. The lowest BCUT2D eigenvalue weighted by molar-refractivity contribution is -0.131. The fourth-order valence-corrected chi connectivity index (χ4v) is 3.03. The van der Waals surface area contributed by atoms with Crippen LogP contribution in [0.5, 0.6) is 0 Å². The Labute approximate surface area is 146 Å². The number of nitrogens with zero attached hydrogens (tertiary/aromatic N) is 5. The molecule has 124 valence electrons. The monoisotopic (exact) mass is 363 g/mol. The van der Waals surface area contributed by atoms with E-state index in [4.69, 9.17) is 11.6 Å². The molecule has 2 heterocycles. The van der Waals surface area contributed by atoms with Gasteiger partial charge in [-0.15, -0.1) is 11.3 Å². The minimum atomic E-state index is -0.443. The average molecular weight is 364 g/mol. The lowest BCUT2D eigenvalue weighted by atomic mass is 10.2. The maximum Gasteiger partial charge on any atom is 0.369 e. The summed E-state index contributed by atoms with van der Waals surface area (Å²) in [5.41, 5.74) is 0.467. The van der Waals surface area contributed by atoms with Crippen molar-refractivity contribution < 1.29 is 4.79 Å². The normalized spacial score (nSPS) is 10.8. The molecule has 0 aliphatic heterocycles. The van der Waals surface area contributed by atoms with Crippen molar-refractivity contribution >= 4 is 28.8 Å². The zero-order chi connectivity index (χ0) is 17.1. The molecule has 1 amide bonds. The second-order valence-electron chi connectivity index (χ2n) is 5.16. The summed E-state index contributed by atoms with van der Waals surface area (Å²) in [6, 6.07) is 10.9. The van der Waals surface area contributed by atoms with Crippen LogP contribution in [0.2, 0.25) is 5.02 Å². The highest BCUT2D eigenvalue weighted by Crippen LogP contribution is 2.12. The van der Waals surface area contributed by atoms with Crippen LogP contribution in [0.1, 0.15) is 5.56 Å². The number of aromatic nitrogens is 4. The first kappa shape index (κ1) is 16.4. The second kappa shape index (κ2) is 6.98. The van der Waals surface area contributed by atoms with E-state index in [2.05, 4.69) is 10.4 Å². The summed E-state index contributed by atoms with van der Waals surface area (Å²) in [4.78, 5) is 26.1. The third-order valence-electron chi connectivity index (χ3n) is 3.37. The fraction of sp³-hybridized carbons (Fsp3) is 0.200. The van der Waals surface area contributed by atoms with E-state index in [1.54, 1.807) is 25.2 Å². The van der Waals surface area contributed by atoms with Gasteiger partial charge in [-0.3, -0.25) is 4.79 Å². The second-order valence-corrected chi connectivity index (χ2v) is 6.52. The number of carbonyl (C=O) groups is 1. The van der Waals surface area contributed by atoms with Crippen molar-refractivity contribution in [1.82, 2.24) is 24.7 Å². The summed E-state index contributed by atoms with van der Waals surface area (Å²) in [6.07, 6.45) is 0. The predicted octanol–water partition coefficient (Wildman–Crippen LogP) is 1.80. The molecule has 0 atom stereocenters. The van der Waals surface area contributed by atoms with Crippen LogP contribution in [0.3, 0.4) is 0 Å². The third-order valence-corrected chi connectivity index (χ3v) is 4.45. The highest BCUT2D eigenvalue weighted by Gasteiger charge is 2.15. The van der Waals surface area contributed by atoms with E-state index >= 15 is 0 Å². The number of benzene rings is 1. The Morgan fingerprint density at radius 3 is 2.83 bits per heavy atom. The molecule has 0 bridgehead atoms. The van der Waals surface area contributed by atoms with Crippen LogP contribution < -0.4 is 5.69 Å². The number of halogens is 1. The number of carbonyl (C=O) groups excluding carboxylic acids is 1. The Morgan fingerprint density at radius 1 is 1.29 bits per heavy atom. The Bertz CT molecular complexity index is 903. The Balaban J connectivity index is 1.70. The first-order valence-corrected chi connectivity index (χ1v) is 8.35. The summed E-state index contributed by atoms with van der Waals surface area (Å²) in [6.45, 7) is 0.231. The zero-order valence-corrected chi connectivity index (χ0v) is 14.4. The minimum absolute atomic E-state index is 0.165. The molecule has 3 rings (SSSR count). The third kappa shape index (κ3) is 3.55. The number of thiophene rings is 1. The molecule has 0 aliphatic rings. The quantitative estimate of drug-likeness (QED) is 0.693. The van der Waals surface area contributed by atoms with Crippen molar-refractivity contribution in [2.75, 3.05) is 7.05 Å². The molecule has 0 fully saturated rings. The van der Waals surface area contributed by atoms with Crippen molar-refractivity contribution in [2.45, 2.75) is 13.1 Å². The van der Waals surface area contributed by atoms with Crippen LogP contribution in [-0.4, -0.2) is 37.6 Å². The van der Waals surface area contributed by atoms with E-state index in [0.29, 0.717) is 16.6 Å². The summed E-state index contributed by atoms with van der Waals surface area (Å²) in [7, 11) is 1.66. The predicted molar refractivity (Wildman–Crippen MR) is 91.4 cm³/mol. The highest BCUT2D eigenvalue weighted by atomic mass is 35.5. The number of rotatable bonds is 5. The summed E-state index contributed by atoms with van der Waals surface area (Å²) >= 11 is 7.31. The van der Waals surface area contributed by atoms with Crippen molar-refractivity contribution in [1.29, 1.82) is 0 Å². The number of tetrazole rings is 1. The van der Waals surface area contributed by atoms with Gasteiger partial charge in [0.25, 0.3) is 0 Å². The summed E-state index contributed by atoms with van der Waals surface area (Å²) in [5.74, 6) is -0.240. The zero-order valence-electron chi connectivity index (χ0n) is 12.8. The molecular formula is C15H14ClN5O2S. The molecule has 2 aromatic heterocycles. The SMILES string of the molecule is CN(Cc1cccc(Cl)c1)C(=O)Cn1nnn(-c2cccs2)c1=O. The van der Waals surface area contributed by atoms with Crippen LogP contribution in [0.4, 0.5) is 0 Å². The van der Waals surface area contributed by atoms with Gasteiger partial charge in [0.1, 0.15) is 11.5 Å². The lowest BCUT2D eigenvalue weighted by Crippen LogP contribution is -2.34. The molecule has 0 saturated heterocycles. The lowest BCUT2D eigenvalue weighted by Gasteiger charge is -2.16. The Hall–Kier alpha value is -2.45. The van der Waals surface area contributed by atoms with E-state index in [0.717, 1.165) is 10.2 Å². The van der Waals surface area contributed by atoms with Gasteiger partial charge in [0, 0.05) is 18.6 Å². The number of hydrogen-bond acceptors (Lipinski definition) is 5. The molecule has 7 nitrogen and oxygen atoms in total. The van der Waals surface area contributed by atoms with E-state index in [1.807, 2.05) is 23.6 Å². The largest absolute Gasteiger partial charge is 0.369 e. The van der Waals surface area contributed by atoms with Gasteiger partial charge in [-0.25, -0.2) is 4.79 Å². The molecule has 1 aromatic carbocycles. The first-order chi connectivity index (χ1) is 11.5. The van der Waals surface area contributed by atoms with Crippen LogP contribution in [-0.2, 0) is 17.9 Å². The summed E-state index contributed by atoms with van der Waals surface area (Å²) < 4.78 is 2.23. The van der Waals surface area contributed by atoms with E-state index in [1.165, 1.54) is 20.9 Å². The van der Waals surface area contributed by atoms with Crippen molar-refractivity contribution in [2.24, 2.45) is 0 Å². The molecule has 0 spiro atoms. The van der Waals surface area contributed by atoms with Gasteiger partial charge in [-0.1, -0.05) is 23.7 Å². The molecule has 9 heteroatoms.